The maximum absolute atomic E-state index is 12.9. The lowest BCUT2D eigenvalue weighted by Gasteiger charge is -2.24. The number of phenolic OH excluding ortho intramolecular Hbond substituents is 1. The molecule has 0 aromatic heterocycles. The van der Waals surface area contributed by atoms with Crippen molar-refractivity contribution in [1.82, 2.24) is 16.0 Å². The molecule has 12 nitrogen and oxygen atoms in total. The number of carbonyl (C=O) groups is 5. The average molecular weight is 485 g/mol. The van der Waals surface area contributed by atoms with Gasteiger partial charge in [-0.15, -0.1) is 0 Å². The number of thioether (sulfide) groups is 1. The van der Waals surface area contributed by atoms with Gasteiger partial charge in [-0.1, -0.05) is 12.1 Å². The lowest BCUT2D eigenvalue weighted by Crippen LogP contribution is -2.57. The smallest absolute Gasteiger partial charge is 0.326 e. The zero-order chi connectivity index (χ0) is 25.0. The van der Waals surface area contributed by atoms with E-state index in [9.17, 15) is 34.2 Å². The number of amides is 3. The Morgan fingerprint density at radius 2 is 1.52 bits per heavy atom. The number of hydrogen-bond donors (Lipinski definition) is 7. The number of nitrogens with two attached hydrogens (primary N) is 1. The van der Waals surface area contributed by atoms with Crippen LogP contribution in [0.1, 0.15) is 18.4 Å². The Morgan fingerprint density at radius 3 is 2.03 bits per heavy atom. The summed E-state index contributed by atoms with van der Waals surface area (Å²) >= 11 is 1.40. The van der Waals surface area contributed by atoms with Crippen LogP contribution in [0.3, 0.4) is 0 Å². The first-order valence-corrected chi connectivity index (χ1v) is 11.3. The fourth-order valence-electron chi connectivity index (χ4n) is 2.75. The second kappa shape index (κ2) is 14.0. The van der Waals surface area contributed by atoms with E-state index in [0.29, 0.717) is 11.3 Å². The molecule has 33 heavy (non-hydrogen) atoms. The number of nitrogens with one attached hydrogen (secondary N) is 3. The van der Waals surface area contributed by atoms with E-state index in [1.165, 1.54) is 36.0 Å². The summed E-state index contributed by atoms with van der Waals surface area (Å²) in [6, 6.07) is 1.78. The van der Waals surface area contributed by atoms with Gasteiger partial charge in [-0.2, -0.15) is 11.8 Å². The van der Waals surface area contributed by atoms with Gasteiger partial charge >= 0.3 is 11.9 Å². The van der Waals surface area contributed by atoms with Crippen molar-refractivity contribution >= 4 is 41.4 Å². The molecule has 0 aliphatic carbocycles. The maximum atomic E-state index is 12.9. The Balaban J connectivity index is 3.10. The first-order valence-electron chi connectivity index (χ1n) is 9.89. The molecule has 3 unspecified atom stereocenters. The van der Waals surface area contributed by atoms with Gasteiger partial charge in [0.25, 0.3) is 0 Å². The summed E-state index contributed by atoms with van der Waals surface area (Å²) in [5.41, 5.74) is 5.74. The second-order valence-electron chi connectivity index (χ2n) is 7.03. The van der Waals surface area contributed by atoms with Crippen LogP contribution in [0.25, 0.3) is 0 Å². The zero-order valence-electron chi connectivity index (χ0n) is 17.9. The molecule has 0 bridgehead atoms. The standard InChI is InChI=1S/C20H28N4O8S/c1-33-7-6-13(20(31)32)23-18(29)14(8-11-2-4-12(25)5-3-11)24-19(30)15(9-17(27)28)22-16(26)10-21/h2-5,13-15,25H,6-10,21H2,1H3,(H,22,26)(H,23,29)(H,24,30)(H,27,28)(H,31,32). The van der Waals surface area contributed by atoms with Crippen LogP contribution >= 0.6 is 11.8 Å². The van der Waals surface area contributed by atoms with E-state index in [1.54, 1.807) is 6.26 Å². The summed E-state index contributed by atoms with van der Waals surface area (Å²) in [5.74, 6) is -4.67. The lowest BCUT2D eigenvalue weighted by molar-refractivity contribution is -0.143. The van der Waals surface area contributed by atoms with Crippen LogP contribution in [0.2, 0.25) is 0 Å². The minimum atomic E-state index is -1.50. The summed E-state index contributed by atoms with van der Waals surface area (Å²) in [6.45, 7) is -0.476. The third kappa shape index (κ3) is 10.2. The Kier molecular flexibility index (Phi) is 11.7. The number of benzene rings is 1. The Hall–Kier alpha value is -3.32. The van der Waals surface area contributed by atoms with Crippen molar-refractivity contribution in [3.63, 3.8) is 0 Å². The molecule has 182 valence electrons. The highest BCUT2D eigenvalue weighted by Crippen LogP contribution is 2.12. The quantitative estimate of drug-likeness (QED) is 0.165. The largest absolute Gasteiger partial charge is 0.508 e. The predicted molar refractivity (Wildman–Crippen MR) is 120 cm³/mol. The molecule has 0 aliphatic rings. The van der Waals surface area contributed by atoms with Gasteiger partial charge in [-0.3, -0.25) is 19.2 Å². The van der Waals surface area contributed by atoms with Gasteiger partial charge in [-0.25, -0.2) is 4.79 Å². The molecule has 0 saturated carbocycles. The third-order valence-corrected chi connectivity index (χ3v) is 5.09. The van der Waals surface area contributed by atoms with E-state index in [0.717, 1.165) is 0 Å². The normalized spacial score (nSPS) is 13.3. The Bertz CT molecular complexity index is 849. The van der Waals surface area contributed by atoms with E-state index in [1.807, 2.05) is 0 Å². The van der Waals surface area contributed by atoms with Crippen LogP contribution in [0.5, 0.6) is 5.75 Å². The van der Waals surface area contributed by atoms with Crippen molar-refractivity contribution in [3.8, 4) is 5.75 Å². The number of rotatable bonds is 14. The van der Waals surface area contributed by atoms with Gasteiger partial charge in [0.05, 0.1) is 13.0 Å². The molecule has 0 fully saturated rings. The molecule has 3 amide bonds. The molecule has 1 rings (SSSR count). The average Bonchev–Trinajstić information content (AvgIpc) is 2.76. The van der Waals surface area contributed by atoms with Gasteiger partial charge in [0.15, 0.2) is 0 Å². The predicted octanol–water partition coefficient (Wildman–Crippen LogP) is -1.34. The molecule has 0 heterocycles. The van der Waals surface area contributed by atoms with E-state index >= 15 is 0 Å². The number of carboxylic acid groups (broad SMARTS) is 2. The molecule has 3 atom stereocenters. The summed E-state index contributed by atoms with van der Waals surface area (Å²) in [5, 5.41) is 34.8. The molecule has 13 heteroatoms. The van der Waals surface area contributed by atoms with Crippen LogP contribution in [0.4, 0.5) is 0 Å². The Morgan fingerprint density at radius 1 is 0.939 bits per heavy atom. The minimum Gasteiger partial charge on any atom is -0.508 e. The van der Waals surface area contributed by atoms with Crippen molar-refractivity contribution in [3.05, 3.63) is 29.8 Å². The van der Waals surface area contributed by atoms with Crippen LogP contribution in [-0.2, 0) is 30.4 Å². The number of carbonyl (C=O) groups excluding carboxylic acids is 3. The van der Waals surface area contributed by atoms with Gasteiger partial charge in [0.2, 0.25) is 17.7 Å². The highest BCUT2D eigenvalue weighted by Gasteiger charge is 2.30. The first kappa shape index (κ1) is 27.7. The molecule has 0 spiro atoms. The number of hydrogen-bond acceptors (Lipinski definition) is 8. The number of carboxylic acids is 2. The molecule has 0 saturated heterocycles. The number of phenols is 1. The third-order valence-electron chi connectivity index (χ3n) is 4.45. The SMILES string of the molecule is CSCCC(NC(=O)C(Cc1ccc(O)cc1)NC(=O)C(CC(=O)O)NC(=O)CN)C(=O)O. The lowest BCUT2D eigenvalue weighted by atomic mass is 10.0. The fraction of sp³-hybridized carbons (Fsp3) is 0.450. The molecular formula is C20H28N4O8S. The van der Waals surface area contributed by atoms with Crippen molar-refractivity contribution in [2.24, 2.45) is 5.73 Å². The van der Waals surface area contributed by atoms with Crippen LogP contribution in [0, 0.1) is 0 Å². The second-order valence-corrected chi connectivity index (χ2v) is 8.02. The van der Waals surface area contributed by atoms with Crippen molar-refractivity contribution in [2.75, 3.05) is 18.6 Å². The number of aromatic hydroxyl groups is 1. The fourth-order valence-corrected chi connectivity index (χ4v) is 3.22. The van der Waals surface area contributed by atoms with Gasteiger partial charge < -0.3 is 37.0 Å². The monoisotopic (exact) mass is 484 g/mol. The minimum absolute atomic E-state index is 0.0159. The van der Waals surface area contributed by atoms with Crippen molar-refractivity contribution in [2.45, 2.75) is 37.4 Å². The first-order chi connectivity index (χ1) is 15.6. The summed E-state index contributed by atoms with van der Waals surface area (Å²) in [4.78, 5) is 59.8. The molecule has 1 aromatic rings. The van der Waals surface area contributed by atoms with E-state index in [4.69, 9.17) is 10.8 Å². The molecule has 8 N–H and O–H groups in total. The summed E-state index contributed by atoms with van der Waals surface area (Å²) in [7, 11) is 0. The van der Waals surface area contributed by atoms with E-state index in [2.05, 4.69) is 16.0 Å². The van der Waals surface area contributed by atoms with Crippen LogP contribution in [0.15, 0.2) is 24.3 Å². The van der Waals surface area contributed by atoms with E-state index < -0.39 is 60.8 Å². The summed E-state index contributed by atoms with van der Waals surface area (Å²) in [6.07, 6.45) is 1.09. The number of aliphatic carboxylic acids is 2. The zero-order valence-corrected chi connectivity index (χ0v) is 18.8. The van der Waals surface area contributed by atoms with Crippen LogP contribution < -0.4 is 21.7 Å². The van der Waals surface area contributed by atoms with E-state index in [-0.39, 0.29) is 18.6 Å². The van der Waals surface area contributed by atoms with Crippen molar-refractivity contribution in [1.29, 1.82) is 0 Å². The van der Waals surface area contributed by atoms with Gasteiger partial charge in [0.1, 0.15) is 23.9 Å². The van der Waals surface area contributed by atoms with Gasteiger partial charge in [0, 0.05) is 6.42 Å². The topological polar surface area (TPSA) is 208 Å². The van der Waals surface area contributed by atoms with Crippen LogP contribution in [-0.4, -0.2) is 81.7 Å². The molecule has 1 aromatic carbocycles. The van der Waals surface area contributed by atoms with Crippen molar-refractivity contribution < 1.29 is 39.3 Å². The maximum Gasteiger partial charge on any atom is 0.326 e. The molecule has 0 aliphatic heterocycles. The van der Waals surface area contributed by atoms with Gasteiger partial charge in [-0.05, 0) is 36.1 Å². The Labute approximate surface area is 194 Å². The highest BCUT2D eigenvalue weighted by molar-refractivity contribution is 7.98. The summed E-state index contributed by atoms with van der Waals surface area (Å²) < 4.78 is 0. The molecular weight excluding hydrogens is 456 g/mol. The molecule has 0 radical (unpaired) electrons. The highest BCUT2D eigenvalue weighted by atomic mass is 32.2.